The molecule has 1 aliphatic heterocycles. The average Bonchev–Trinajstić information content (AvgIpc) is 3.16. The van der Waals surface area contributed by atoms with Gasteiger partial charge in [0, 0.05) is 24.7 Å². The summed E-state index contributed by atoms with van der Waals surface area (Å²) in [6.45, 7) is 5.51. The molecule has 0 aliphatic carbocycles. The molecule has 0 bridgehead atoms. The Morgan fingerprint density at radius 3 is 2.70 bits per heavy atom. The van der Waals surface area contributed by atoms with Gasteiger partial charge < -0.3 is 19.5 Å². The molecule has 0 unspecified atom stereocenters. The Morgan fingerprint density at radius 2 is 2.00 bits per heavy atom. The van der Waals surface area contributed by atoms with E-state index in [1.807, 2.05) is 37.3 Å². The van der Waals surface area contributed by atoms with Crippen LogP contribution >= 0.6 is 27.5 Å². The van der Waals surface area contributed by atoms with Crippen LogP contribution in [0.2, 0.25) is 5.02 Å². The predicted molar refractivity (Wildman–Crippen MR) is 112 cm³/mol. The van der Waals surface area contributed by atoms with Crippen molar-refractivity contribution >= 4 is 27.5 Å². The molecule has 0 amide bonds. The van der Waals surface area contributed by atoms with Crippen molar-refractivity contribution in [3.63, 3.8) is 0 Å². The van der Waals surface area contributed by atoms with Crippen LogP contribution in [0.4, 0.5) is 0 Å². The smallest absolute Gasteiger partial charge is 0.175 e. The minimum Gasteiger partial charge on any atom is -0.490 e. The second-order valence-corrected chi connectivity index (χ2v) is 7.81. The van der Waals surface area contributed by atoms with Crippen LogP contribution in [-0.4, -0.2) is 25.9 Å². The maximum absolute atomic E-state index is 6.03. The van der Waals surface area contributed by atoms with Gasteiger partial charge in [0.2, 0.25) is 0 Å². The Hall–Kier alpha value is -1.27. The standard InChI is InChI=1S/C21H25BrClNO3/c1-2-25-20-11-16(12-24-13-18-4-3-9-26-18)10-19(22)21(20)27-14-15-5-7-17(23)8-6-15/h5-8,10-11,18,24H,2-4,9,12-14H2,1H3/t18-/m1/s1. The zero-order chi connectivity index (χ0) is 19.1. The molecule has 0 aromatic heterocycles. The molecule has 3 rings (SSSR count). The van der Waals surface area contributed by atoms with Crippen molar-refractivity contribution in [2.24, 2.45) is 0 Å². The third-order valence-electron chi connectivity index (χ3n) is 4.39. The number of hydrogen-bond donors (Lipinski definition) is 1. The van der Waals surface area contributed by atoms with Crippen molar-refractivity contribution in [1.82, 2.24) is 5.32 Å². The lowest BCUT2D eigenvalue weighted by Gasteiger charge is -2.16. The highest BCUT2D eigenvalue weighted by molar-refractivity contribution is 9.10. The van der Waals surface area contributed by atoms with Crippen molar-refractivity contribution in [2.45, 2.75) is 39.0 Å². The first-order valence-corrected chi connectivity index (χ1v) is 10.5. The molecule has 6 heteroatoms. The van der Waals surface area contributed by atoms with Gasteiger partial charge in [-0.2, -0.15) is 0 Å². The van der Waals surface area contributed by atoms with Crippen LogP contribution in [0.25, 0.3) is 0 Å². The lowest BCUT2D eigenvalue weighted by Crippen LogP contribution is -2.25. The molecule has 0 saturated carbocycles. The largest absolute Gasteiger partial charge is 0.490 e. The van der Waals surface area contributed by atoms with E-state index in [9.17, 15) is 0 Å². The summed E-state index contributed by atoms with van der Waals surface area (Å²) in [5.74, 6) is 1.46. The molecular formula is C21H25BrClNO3. The van der Waals surface area contributed by atoms with Crippen molar-refractivity contribution in [3.8, 4) is 11.5 Å². The van der Waals surface area contributed by atoms with E-state index in [0.717, 1.165) is 64.7 Å². The Balaban J connectivity index is 1.64. The summed E-state index contributed by atoms with van der Waals surface area (Å²) in [5.41, 5.74) is 2.19. The Labute approximate surface area is 174 Å². The Morgan fingerprint density at radius 1 is 1.19 bits per heavy atom. The molecule has 2 aromatic rings. The molecule has 1 atom stereocenters. The van der Waals surface area contributed by atoms with Gasteiger partial charge in [0.25, 0.3) is 0 Å². The highest BCUT2D eigenvalue weighted by atomic mass is 79.9. The first-order chi connectivity index (χ1) is 13.2. The van der Waals surface area contributed by atoms with Gasteiger partial charge in [-0.1, -0.05) is 23.7 Å². The van der Waals surface area contributed by atoms with Gasteiger partial charge in [0.1, 0.15) is 6.61 Å². The zero-order valence-corrected chi connectivity index (χ0v) is 17.8. The molecule has 1 saturated heterocycles. The van der Waals surface area contributed by atoms with E-state index >= 15 is 0 Å². The Bertz CT molecular complexity index is 733. The number of benzene rings is 2. The molecule has 4 nitrogen and oxygen atoms in total. The summed E-state index contributed by atoms with van der Waals surface area (Å²) in [4.78, 5) is 0. The SMILES string of the molecule is CCOc1cc(CNC[C@H]2CCCO2)cc(Br)c1OCc1ccc(Cl)cc1. The minimum atomic E-state index is 0.335. The van der Waals surface area contributed by atoms with E-state index in [-0.39, 0.29) is 0 Å². The third-order valence-corrected chi connectivity index (χ3v) is 5.23. The van der Waals surface area contributed by atoms with Crippen molar-refractivity contribution in [1.29, 1.82) is 0 Å². The maximum Gasteiger partial charge on any atom is 0.175 e. The Kier molecular flexibility index (Phi) is 7.82. The van der Waals surface area contributed by atoms with Gasteiger partial charge in [-0.05, 0) is 71.1 Å². The monoisotopic (exact) mass is 453 g/mol. The molecule has 0 radical (unpaired) electrons. The predicted octanol–water partition coefficient (Wildman–Crippen LogP) is 5.35. The van der Waals surface area contributed by atoms with Crippen LogP contribution in [0.5, 0.6) is 11.5 Å². The summed E-state index contributed by atoms with van der Waals surface area (Å²) in [5, 5.41) is 4.19. The minimum absolute atomic E-state index is 0.335. The van der Waals surface area contributed by atoms with Crippen molar-refractivity contribution < 1.29 is 14.2 Å². The fourth-order valence-electron chi connectivity index (χ4n) is 3.05. The molecule has 146 valence electrons. The van der Waals surface area contributed by atoms with Crippen molar-refractivity contribution in [2.75, 3.05) is 19.8 Å². The molecule has 1 N–H and O–H groups in total. The molecule has 1 fully saturated rings. The van der Waals surface area contributed by atoms with Crippen LogP contribution in [0.15, 0.2) is 40.9 Å². The van der Waals surface area contributed by atoms with Gasteiger partial charge in [-0.3, -0.25) is 0 Å². The number of rotatable bonds is 9. The normalized spacial score (nSPS) is 16.5. The maximum atomic E-state index is 6.03. The fraction of sp³-hybridized carbons (Fsp3) is 0.429. The van der Waals surface area contributed by atoms with E-state index in [0.29, 0.717) is 19.3 Å². The number of halogens is 2. The molecule has 0 spiro atoms. The first-order valence-electron chi connectivity index (χ1n) is 9.30. The quantitative estimate of drug-likeness (QED) is 0.554. The highest BCUT2D eigenvalue weighted by Crippen LogP contribution is 2.37. The average molecular weight is 455 g/mol. The van der Waals surface area contributed by atoms with Crippen LogP contribution in [-0.2, 0) is 17.9 Å². The van der Waals surface area contributed by atoms with Crippen LogP contribution < -0.4 is 14.8 Å². The summed E-state index contributed by atoms with van der Waals surface area (Å²) in [6, 6.07) is 11.7. The fourth-order valence-corrected chi connectivity index (χ4v) is 3.78. The molecule has 2 aromatic carbocycles. The zero-order valence-electron chi connectivity index (χ0n) is 15.5. The third kappa shape index (κ3) is 6.11. The molecule has 1 aliphatic rings. The van der Waals surface area contributed by atoms with Crippen molar-refractivity contribution in [3.05, 3.63) is 57.0 Å². The van der Waals surface area contributed by atoms with Gasteiger partial charge in [0.15, 0.2) is 11.5 Å². The summed E-state index contributed by atoms with van der Waals surface area (Å²) < 4.78 is 18.4. The van der Waals surface area contributed by atoms with Gasteiger partial charge in [0.05, 0.1) is 17.2 Å². The van der Waals surface area contributed by atoms with Crippen LogP contribution in [0, 0.1) is 0 Å². The molecule has 1 heterocycles. The summed E-state index contributed by atoms with van der Waals surface area (Å²) in [6.07, 6.45) is 2.63. The van der Waals surface area contributed by atoms with E-state index in [1.165, 1.54) is 0 Å². The van der Waals surface area contributed by atoms with Gasteiger partial charge in [-0.15, -0.1) is 0 Å². The van der Waals surface area contributed by atoms with Gasteiger partial charge in [-0.25, -0.2) is 0 Å². The van der Waals surface area contributed by atoms with E-state index in [1.54, 1.807) is 0 Å². The van der Waals surface area contributed by atoms with E-state index in [2.05, 4.69) is 27.3 Å². The van der Waals surface area contributed by atoms with Crippen LogP contribution in [0.1, 0.15) is 30.9 Å². The molecular weight excluding hydrogens is 430 g/mol. The number of nitrogens with one attached hydrogen (secondary N) is 1. The number of ether oxygens (including phenoxy) is 3. The lowest BCUT2D eigenvalue weighted by atomic mass is 10.2. The summed E-state index contributed by atoms with van der Waals surface area (Å²) in [7, 11) is 0. The first kappa shape index (κ1) is 20.5. The van der Waals surface area contributed by atoms with E-state index in [4.69, 9.17) is 25.8 Å². The lowest BCUT2D eigenvalue weighted by molar-refractivity contribution is 0.110. The van der Waals surface area contributed by atoms with Crippen LogP contribution in [0.3, 0.4) is 0 Å². The summed E-state index contributed by atoms with van der Waals surface area (Å²) >= 11 is 9.57. The second-order valence-electron chi connectivity index (χ2n) is 6.52. The molecule has 27 heavy (non-hydrogen) atoms. The topological polar surface area (TPSA) is 39.7 Å². The number of hydrogen-bond acceptors (Lipinski definition) is 4. The van der Waals surface area contributed by atoms with E-state index < -0.39 is 0 Å². The highest BCUT2D eigenvalue weighted by Gasteiger charge is 2.16. The second kappa shape index (κ2) is 10.3. The van der Waals surface area contributed by atoms with Gasteiger partial charge >= 0.3 is 0 Å².